The Bertz CT molecular complexity index is 1200. The largest absolute Gasteiger partial charge is 0.348 e. The molecule has 0 radical (unpaired) electrons. The fourth-order valence-corrected chi connectivity index (χ4v) is 4.32. The zero-order chi connectivity index (χ0) is 23.1. The molecular weight excluding hydrogens is 424 g/mol. The van der Waals surface area contributed by atoms with Gasteiger partial charge in [-0.2, -0.15) is 0 Å². The van der Waals surface area contributed by atoms with Crippen molar-refractivity contribution in [3.63, 3.8) is 0 Å². The number of aryl methyl sites for hydroxylation is 2. The topological polar surface area (TPSA) is 92.3 Å². The van der Waals surface area contributed by atoms with Gasteiger partial charge in [0, 0.05) is 13.0 Å². The lowest BCUT2D eigenvalue weighted by Crippen LogP contribution is -2.25. The summed E-state index contributed by atoms with van der Waals surface area (Å²) in [6.45, 7) is 4.22. The summed E-state index contributed by atoms with van der Waals surface area (Å²) >= 11 is 0. The molecule has 0 bridgehead atoms. The summed E-state index contributed by atoms with van der Waals surface area (Å²) in [5.74, 6) is -1.11. The van der Waals surface area contributed by atoms with Crippen LogP contribution < -0.4 is 10.6 Å². The second-order valence-electron chi connectivity index (χ2n) is 7.64. The minimum atomic E-state index is -3.57. The lowest BCUT2D eigenvalue weighted by atomic mass is 10.1. The van der Waals surface area contributed by atoms with Crippen LogP contribution in [-0.4, -0.2) is 26.0 Å². The molecule has 0 saturated heterocycles. The molecule has 3 aromatic rings. The van der Waals surface area contributed by atoms with E-state index in [1.807, 2.05) is 38.1 Å². The Labute approximate surface area is 188 Å². The summed E-state index contributed by atoms with van der Waals surface area (Å²) in [5.41, 5.74) is 3.71. The van der Waals surface area contributed by atoms with E-state index < -0.39 is 15.7 Å². The van der Waals surface area contributed by atoms with Crippen LogP contribution in [0, 0.1) is 13.8 Å². The number of anilines is 1. The highest BCUT2D eigenvalue weighted by molar-refractivity contribution is 7.91. The molecule has 0 aliphatic heterocycles. The maximum Gasteiger partial charge on any atom is 0.253 e. The van der Waals surface area contributed by atoms with Crippen molar-refractivity contribution in [2.45, 2.75) is 31.7 Å². The van der Waals surface area contributed by atoms with E-state index in [-0.39, 0.29) is 23.0 Å². The minimum Gasteiger partial charge on any atom is -0.348 e. The zero-order valence-electron chi connectivity index (χ0n) is 18.1. The van der Waals surface area contributed by atoms with Crippen molar-refractivity contribution in [2.24, 2.45) is 0 Å². The van der Waals surface area contributed by atoms with Gasteiger partial charge in [-0.25, -0.2) is 8.42 Å². The van der Waals surface area contributed by atoms with Crippen molar-refractivity contribution in [1.29, 1.82) is 0 Å². The van der Waals surface area contributed by atoms with Gasteiger partial charge in [0.15, 0.2) is 9.84 Å². The summed E-state index contributed by atoms with van der Waals surface area (Å²) in [4.78, 5) is 25.3. The fraction of sp³-hybridized carbons (Fsp3) is 0.200. The van der Waals surface area contributed by atoms with Crippen molar-refractivity contribution in [3.05, 3.63) is 95.1 Å². The number of carbonyl (C=O) groups excluding carboxylic acids is 2. The number of rotatable bonds is 8. The molecule has 7 heteroatoms. The van der Waals surface area contributed by atoms with E-state index in [2.05, 4.69) is 10.6 Å². The van der Waals surface area contributed by atoms with E-state index in [1.165, 1.54) is 12.1 Å². The molecule has 2 N–H and O–H groups in total. The quantitative estimate of drug-likeness (QED) is 0.542. The lowest BCUT2D eigenvalue weighted by molar-refractivity contribution is -0.115. The van der Waals surface area contributed by atoms with Crippen LogP contribution in [0.15, 0.2) is 77.7 Å². The molecule has 3 aromatic carbocycles. The number of para-hydroxylation sites is 1. The van der Waals surface area contributed by atoms with E-state index in [1.54, 1.807) is 36.4 Å². The molecular formula is C25H26N2O4S. The fourth-order valence-electron chi connectivity index (χ4n) is 3.08. The average Bonchev–Trinajstić information content (AvgIpc) is 2.78. The monoisotopic (exact) mass is 450 g/mol. The number of carbonyl (C=O) groups is 2. The van der Waals surface area contributed by atoms with Crippen molar-refractivity contribution >= 4 is 27.3 Å². The van der Waals surface area contributed by atoms with E-state index in [4.69, 9.17) is 0 Å². The number of benzene rings is 3. The molecule has 0 heterocycles. The molecule has 0 spiro atoms. The lowest BCUT2D eigenvalue weighted by Gasteiger charge is -2.12. The molecule has 166 valence electrons. The molecule has 3 rings (SSSR count). The molecule has 6 nitrogen and oxygen atoms in total. The first-order chi connectivity index (χ1) is 15.2. The van der Waals surface area contributed by atoms with Gasteiger partial charge in [0.25, 0.3) is 5.91 Å². The van der Waals surface area contributed by atoms with E-state index in [0.29, 0.717) is 17.8 Å². The summed E-state index contributed by atoms with van der Waals surface area (Å²) in [6.07, 6.45) is -0.213. The first-order valence-corrected chi connectivity index (χ1v) is 11.9. The predicted octanol–water partition coefficient (Wildman–Crippen LogP) is 4.04. The van der Waals surface area contributed by atoms with Crippen LogP contribution in [0.5, 0.6) is 0 Å². The van der Waals surface area contributed by atoms with Gasteiger partial charge in [-0.05, 0) is 43.7 Å². The van der Waals surface area contributed by atoms with Crippen LogP contribution in [0.3, 0.4) is 0 Å². The minimum absolute atomic E-state index is 0.187. The Hall–Kier alpha value is -3.45. The maximum atomic E-state index is 12.7. The summed E-state index contributed by atoms with van der Waals surface area (Å²) < 4.78 is 24.9. The predicted molar refractivity (Wildman–Crippen MR) is 125 cm³/mol. The molecule has 0 atom stereocenters. The highest BCUT2D eigenvalue weighted by atomic mass is 32.2. The van der Waals surface area contributed by atoms with Gasteiger partial charge in [-0.1, -0.05) is 59.7 Å². The third kappa shape index (κ3) is 6.28. The van der Waals surface area contributed by atoms with Crippen molar-refractivity contribution < 1.29 is 18.0 Å². The van der Waals surface area contributed by atoms with Crippen molar-refractivity contribution in [1.82, 2.24) is 5.32 Å². The Morgan fingerprint density at radius 2 is 1.41 bits per heavy atom. The number of amides is 2. The molecule has 0 aromatic heterocycles. The highest BCUT2D eigenvalue weighted by Gasteiger charge is 2.18. The first-order valence-electron chi connectivity index (χ1n) is 10.3. The van der Waals surface area contributed by atoms with Crippen molar-refractivity contribution in [3.8, 4) is 0 Å². The van der Waals surface area contributed by atoms with Crippen LogP contribution in [-0.2, 0) is 21.2 Å². The molecule has 0 aliphatic rings. The van der Waals surface area contributed by atoms with Crippen LogP contribution in [0.2, 0.25) is 0 Å². The summed E-state index contributed by atoms with van der Waals surface area (Å²) in [5, 5.41) is 5.51. The highest BCUT2D eigenvalue weighted by Crippen LogP contribution is 2.17. The zero-order valence-corrected chi connectivity index (χ0v) is 18.9. The smallest absolute Gasteiger partial charge is 0.253 e. The number of sulfone groups is 1. The van der Waals surface area contributed by atoms with Gasteiger partial charge in [0.1, 0.15) is 0 Å². The number of nitrogens with one attached hydrogen (secondary N) is 2. The van der Waals surface area contributed by atoms with E-state index in [0.717, 1.165) is 16.7 Å². The normalized spacial score (nSPS) is 11.1. The number of hydrogen-bond donors (Lipinski definition) is 2. The molecule has 0 aliphatic carbocycles. The van der Waals surface area contributed by atoms with Gasteiger partial charge in [0.2, 0.25) is 5.91 Å². The maximum absolute atomic E-state index is 12.7. The number of hydrogen-bond acceptors (Lipinski definition) is 4. The molecule has 0 saturated carbocycles. The van der Waals surface area contributed by atoms with Crippen LogP contribution in [0.4, 0.5) is 5.69 Å². The van der Waals surface area contributed by atoms with Crippen LogP contribution >= 0.6 is 0 Å². The van der Waals surface area contributed by atoms with Crippen LogP contribution in [0.1, 0.15) is 33.5 Å². The SMILES string of the molecule is Cc1ccc(CNC(=O)c2ccccc2NC(=O)CCS(=O)(=O)c2ccc(C)cc2)cc1. The van der Waals surface area contributed by atoms with Gasteiger partial charge in [-0.15, -0.1) is 0 Å². The second kappa shape index (κ2) is 10.2. The second-order valence-corrected chi connectivity index (χ2v) is 9.75. The molecule has 32 heavy (non-hydrogen) atoms. The Kier molecular flexibility index (Phi) is 7.43. The Morgan fingerprint density at radius 1 is 0.812 bits per heavy atom. The third-order valence-electron chi connectivity index (χ3n) is 5.00. The van der Waals surface area contributed by atoms with Gasteiger partial charge in [-0.3, -0.25) is 9.59 Å². The summed E-state index contributed by atoms with van der Waals surface area (Å²) in [6, 6.07) is 21.0. The standard InChI is InChI=1S/C25H26N2O4S/c1-18-7-11-20(12-8-18)17-26-25(29)22-5-3-4-6-23(22)27-24(28)15-16-32(30,31)21-13-9-19(2)10-14-21/h3-14H,15-17H2,1-2H3,(H,26,29)(H,27,28). The third-order valence-corrected chi connectivity index (χ3v) is 6.73. The van der Waals surface area contributed by atoms with E-state index in [9.17, 15) is 18.0 Å². The molecule has 0 fully saturated rings. The summed E-state index contributed by atoms with van der Waals surface area (Å²) in [7, 11) is -3.57. The Balaban J connectivity index is 1.61. The first kappa shape index (κ1) is 23.2. The Morgan fingerprint density at radius 3 is 2.06 bits per heavy atom. The van der Waals surface area contributed by atoms with Gasteiger partial charge >= 0.3 is 0 Å². The molecule has 2 amide bonds. The van der Waals surface area contributed by atoms with Crippen LogP contribution in [0.25, 0.3) is 0 Å². The van der Waals surface area contributed by atoms with E-state index >= 15 is 0 Å². The van der Waals surface area contributed by atoms with Gasteiger partial charge in [0.05, 0.1) is 21.9 Å². The molecule has 0 unspecified atom stereocenters. The average molecular weight is 451 g/mol. The van der Waals surface area contributed by atoms with Crippen molar-refractivity contribution in [2.75, 3.05) is 11.1 Å². The van der Waals surface area contributed by atoms with Gasteiger partial charge < -0.3 is 10.6 Å².